The zero-order chi connectivity index (χ0) is 10.0. The zero-order valence-electron chi connectivity index (χ0n) is 7.49. The van der Waals surface area contributed by atoms with Gasteiger partial charge in [-0.25, -0.2) is 4.79 Å². The van der Waals surface area contributed by atoms with E-state index < -0.39 is 6.03 Å². The number of nitrogens with one attached hydrogen (secondary N) is 1. The minimum atomic E-state index is -0.818. The zero-order valence-corrected chi connectivity index (χ0v) is 7.49. The first kappa shape index (κ1) is 9.94. The van der Waals surface area contributed by atoms with Gasteiger partial charge in [0.05, 0.1) is 6.04 Å². The molecule has 1 unspecified atom stereocenters. The van der Waals surface area contributed by atoms with E-state index >= 15 is 0 Å². The van der Waals surface area contributed by atoms with E-state index in [1.807, 2.05) is 10.2 Å². The summed E-state index contributed by atoms with van der Waals surface area (Å²) in [4.78, 5) is 23.4. The average Bonchev–Trinajstić information content (AvgIpc) is 1.96. The Labute approximate surface area is 76.2 Å². The number of likely N-dealkylation sites (tertiary alicyclic amines) is 1. The molecule has 13 heavy (non-hydrogen) atoms. The van der Waals surface area contributed by atoms with Crippen LogP contribution in [0.2, 0.25) is 0 Å². The molecule has 0 saturated carbocycles. The first-order chi connectivity index (χ1) is 6.00. The van der Waals surface area contributed by atoms with Gasteiger partial charge in [-0.05, 0) is 6.92 Å². The van der Waals surface area contributed by atoms with E-state index in [0.29, 0.717) is 13.1 Å². The van der Waals surface area contributed by atoms with Gasteiger partial charge in [0.2, 0.25) is 5.91 Å². The SMILES string of the molecule is CC(C(=O)NC(N)=O)N1CC(N)C1. The van der Waals surface area contributed by atoms with Crippen LogP contribution in [0, 0.1) is 0 Å². The molecule has 0 aliphatic carbocycles. The predicted octanol–water partition coefficient (Wildman–Crippen LogP) is -1.79. The lowest BCUT2D eigenvalue weighted by molar-refractivity contribution is -0.126. The maximum Gasteiger partial charge on any atom is 0.318 e. The summed E-state index contributed by atoms with van der Waals surface area (Å²) >= 11 is 0. The van der Waals surface area contributed by atoms with E-state index in [2.05, 4.69) is 0 Å². The molecule has 5 N–H and O–H groups in total. The Kier molecular flexibility index (Phi) is 2.84. The second-order valence-electron chi connectivity index (χ2n) is 3.24. The Morgan fingerprint density at radius 3 is 2.46 bits per heavy atom. The normalized spacial score (nSPS) is 20.5. The number of imide groups is 1. The molecule has 1 heterocycles. The standard InChI is InChI=1S/C7H14N4O2/c1-4(6(12)10-7(9)13)11-2-5(8)3-11/h4-5H,2-3,8H2,1H3,(H3,9,10,12,13). The van der Waals surface area contributed by atoms with Crippen LogP contribution in [0.5, 0.6) is 0 Å². The quantitative estimate of drug-likeness (QED) is 0.474. The summed E-state index contributed by atoms with van der Waals surface area (Å²) in [5, 5.41) is 2.02. The van der Waals surface area contributed by atoms with E-state index in [-0.39, 0.29) is 18.0 Å². The molecule has 6 nitrogen and oxygen atoms in total. The summed E-state index contributed by atoms with van der Waals surface area (Å²) in [5.74, 6) is -0.376. The Morgan fingerprint density at radius 2 is 2.08 bits per heavy atom. The lowest BCUT2D eigenvalue weighted by Gasteiger charge is -2.40. The molecule has 1 aliphatic heterocycles. The second-order valence-corrected chi connectivity index (χ2v) is 3.24. The van der Waals surface area contributed by atoms with E-state index in [1.54, 1.807) is 6.92 Å². The first-order valence-corrected chi connectivity index (χ1v) is 4.10. The first-order valence-electron chi connectivity index (χ1n) is 4.10. The largest absolute Gasteiger partial charge is 0.351 e. The van der Waals surface area contributed by atoms with Gasteiger partial charge in [-0.2, -0.15) is 0 Å². The van der Waals surface area contributed by atoms with E-state index in [1.165, 1.54) is 0 Å². The van der Waals surface area contributed by atoms with Crippen LogP contribution in [0.15, 0.2) is 0 Å². The number of primary amides is 1. The summed E-state index contributed by atoms with van der Waals surface area (Å²) in [6.45, 7) is 3.09. The second kappa shape index (κ2) is 3.71. The fourth-order valence-corrected chi connectivity index (χ4v) is 1.26. The van der Waals surface area contributed by atoms with Crippen molar-refractivity contribution in [3.05, 3.63) is 0 Å². The molecule has 0 bridgehead atoms. The van der Waals surface area contributed by atoms with Crippen molar-refractivity contribution in [3.63, 3.8) is 0 Å². The third-order valence-electron chi connectivity index (χ3n) is 2.11. The number of nitrogens with zero attached hydrogens (tertiary/aromatic N) is 1. The van der Waals surface area contributed by atoms with Crippen LogP contribution < -0.4 is 16.8 Å². The molecule has 1 aliphatic rings. The van der Waals surface area contributed by atoms with Crippen LogP contribution in [0.4, 0.5) is 4.79 Å². The number of hydrogen-bond acceptors (Lipinski definition) is 4. The van der Waals surface area contributed by atoms with Crippen molar-refractivity contribution in [1.29, 1.82) is 0 Å². The van der Waals surface area contributed by atoms with Crippen molar-refractivity contribution in [1.82, 2.24) is 10.2 Å². The van der Waals surface area contributed by atoms with Crippen molar-refractivity contribution in [2.45, 2.75) is 19.0 Å². The number of urea groups is 1. The van der Waals surface area contributed by atoms with Crippen LogP contribution in [-0.4, -0.2) is 42.0 Å². The molecule has 1 atom stereocenters. The molecular formula is C7H14N4O2. The topological polar surface area (TPSA) is 101 Å². The van der Waals surface area contributed by atoms with E-state index in [0.717, 1.165) is 0 Å². The highest BCUT2D eigenvalue weighted by atomic mass is 16.2. The minimum Gasteiger partial charge on any atom is -0.351 e. The predicted molar refractivity (Wildman–Crippen MR) is 46.7 cm³/mol. The molecule has 1 fully saturated rings. The molecular weight excluding hydrogens is 172 g/mol. The molecule has 74 valence electrons. The maximum absolute atomic E-state index is 11.2. The van der Waals surface area contributed by atoms with Gasteiger partial charge in [0.25, 0.3) is 0 Å². The van der Waals surface area contributed by atoms with Gasteiger partial charge in [0.15, 0.2) is 0 Å². The van der Waals surface area contributed by atoms with Gasteiger partial charge in [-0.3, -0.25) is 15.0 Å². The highest BCUT2D eigenvalue weighted by Crippen LogP contribution is 2.09. The summed E-state index contributed by atoms with van der Waals surface area (Å²) in [7, 11) is 0. The van der Waals surface area contributed by atoms with Gasteiger partial charge in [0, 0.05) is 19.1 Å². The Hall–Kier alpha value is -1.14. The van der Waals surface area contributed by atoms with Crippen molar-refractivity contribution < 1.29 is 9.59 Å². The minimum absolute atomic E-state index is 0.142. The average molecular weight is 186 g/mol. The Morgan fingerprint density at radius 1 is 1.54 bits per heavy atom. The number of nitrogens with two attached hydrogens (primary N) is 2. The smallest absolute Gasteiger partial charge is 0.318 e. The summed E-state index contributed by atoms with van der Waals surface area (Å²) < 4.78 is 0. The van der Waals surface area contributed by atoms with Crippen molar-refractivity contribution in [2.24, 2.45) is 11.5 Å². The van der Waals surface area contributed by atoms with Crippen molar-refractivity contribution in [2.75, 3.05) is 13.1 Å². The number of rotatable bonds is 2. The van der Waals surface area contributed by atoms with Crippen LogP contribution in [0.25, 0.3) is 0 Å². The fraction of sp³-hybridized carbons (Fsp3) is 0.714. The summed E-state index contributed by atoms with van der Waals surface area (Å²) in [6, 6.07) is -1.02. The molecule has 1 rings (SSSR count). The van der Waals surface area contributed by atoms with Gasteiger partial charge in [0.1, 0.15) is 0 Å². The van der Waals surface area contributed by atoms with Gasteiger partial charge in [-0.15, -0.1) is 0 Å². The van der Waals surface area contributed by atoms with Crippen molar-refractivity contribution >= 4 is 11.9 Å². The molecule has 3 amide bonds. The van der Waals surface area contributed by atoms with Crippen LogP contribution in [0.1, 0.15) is 6.92 Å². The lowest BCUT2D eigenvalue weighted by Crippen LogP contribution is -2.62. The monoisotopic (exact) mass is 186 g/mol. The van der Waals surface area contributed by atoms with Gasteiger partial charge in [-0.1, -0.05) is 0 Å². The number of hydrogen-bond donors (Lipinski definition) is 3. The van der Waals surface area contributed by atoms with Gasteiger partial charge >= 0.3 is 6.03 Å². The maximum atomic E-state index is 11.2. The Balaban J connectivity index is 2.34. The van der Waals surface area contributed by atoms with Crippen LogP contribution in [0.3, 0.4) is 0 Å². The van der Waals surface area contributed by atoms with Gasteiger partial charge < -0.3 is 11.5 Å². The highest BCUT2D eigenvalue weighted by Gasteiger charge is 2.31. The molecule has 0 aromatic rings. The highest BCUT2D eigenvalue weighted by molar-refractivity contribution is 5.96. The van der Waals surface area contributed by atoms with Crippen LogP contribution >= 0.6 is 0 Å². The molecule has 6 heteroatoms. The van der Waals surface area contributed by atoms with E-state index in [9.17, 15) is 9.59 Å². The Bertz CT molecular complexity index is 225. The molecule has 0 aromatic carbocycles. The summed E-state index contributed by atoms with van der Waals surface area (Å²) in [5.41, 5.74) is 10.3. The third kappa shape index (κ3) is 2.40. The van der Waals surface area contributed by atoms with Crippen LogP contribution in [-0.2, 0) is 4.79 Å². The molecule has 0 spiro atoms. The third-order valence-corrected chi connectivity index (χ3v) is 2.11. The molecule has 1 saturated heterocycles. The summed E-state index contributed by atoms with van der Waals surface area (Å²) in [6.07, 6.45) is 0. The van der Waals surface area contributed by atoms with Crippen molar-refractivity contribution in [3.8, 4) is 0 Å². The number of carbonyl (C=O) groups excluding carboxylic acids is 2. The van der Waals surface area contributed by atoms with E-state index in [4.69, 9.17) is 11.5 Å². The molecule has 0 aromatic heterocycles. The fourth-order valence-electron chi connectivity index (χ4n) is 1.26. The number of carbonyl (C=O) groups is 2. The lowest BCUT2D eigenvalue weighted by atomic mass is 10.1. The number of amides is 3. The molecule has 0 radical (unpaired) electrons.